The monoisotopic (exact) mass is 267 g/mol. The summed E-state index contributed by atoms with van der Waals surface area (Å²) in [5.41, 5.74) is 0.809. The summed E-state index contributed by atoms with van der Waals surface area (Å²) in [6, 6.07) is 1.60. The van der Waals surface area contributed by atoms with Crippen molar-refractivity contribution in [1.29, 1.82) is 0 Å². The lowest BCUT2D eigenvalue weighted by Gasteiger charge is -2.15. The van der Waals surface area contributed by atoms with Crippen molar-refractivity contribution in [2.75, 3.05) is 27.3 Å². The minimum absolute atomic E-state index is 0.0125. The molecular weight excluding hydrogens is 250 g/mol. The molecule has 98 valence electrons. The molecule has 0 fully saturated rings. The van der Waals surface area contributed by atoms with E-state index in [1.807, 2.05) is 12.4 Å². The predicted molar refractivity (Wildman–Crippen MR) is 72.2 cm³/mol. The van der Waals surface area contributed by atoms with E-state index in [1.165, 1.54) is 11.3 Å². The lowest BCUT2D eigenvalue weighted by molar-refractivity contribution is 0.178. The lowest BCUT2D eigenvalue weighted by Crippen LogP contribution is -2.23. The fraction of sp³-hybridized carbons (Fsp3) is 0.500. The summed E-state index contributed by atoms with van der Waals surface area (Å²) in [4.78, 5) is 19.2. The van der Waals surface area contributed by atoms with Crippen LogP contribution in [0.15, 0.2) is 22.4 Å². The van der Waals surface area contributed by atoms with Crippen molar-refractivity contribution in [2.24, 2.45) is 0 Å². The van der Waals surface area contributed by atoms with Crippen molar-refractivity contribution in [1.82, 2.24) is 14.3 Å². The first-order valence-electron chi connectivity index (χ1n) is 5.84. The molecule has 0 spiro atoms. The van der Waals surface area contributed by atoms with Crippen molar-refractivity contribution in [3.63, 3.8) is 0 Å². The Morgan fingerprint density at radius 3 is 3.17 bits per heavy atom. The Labute approximate surface area is 110 Å². The maximum absolute atomic E-state index is 11.8. The molecule has 2 rings (SSSR count). The Balaban J connectivity index is 2.05. The van der Waals surface area contributed by atoms with E-state index in [2.05, 4.69) is 9.88 Å². The van der Waals surface area contributed by atoms with Crippen LogP contribution in [0, 0.1) is 0 Å². The number of methoxy groups -OCH3 is 1. The van der Waals surface area contributed by atoms with Gasteiger partial charge < -0.3 is 9.64 Å². The van der Waals surface area contributed by atoms with Gasteiger partial charge in [-0.2, -0.15) is 0 Å². The largest absolute Gasteiger partial charge is 0.385 e. The minimum atomic E-state index is -0.0125. The molecule has 2 aromatic rings. The highest BCUT2D eigenvalue weighted by molar-refractivity contribution is 7.15. The molecule has 0 aliphatic carbocycles. The second-order valence-corrected chi connectivity index (χ2v) is 5.10. The number of fused-ring (bicyclic) bond motifs is 1. The number of hydrogen-bond donors (Lipinski definition) is 0. The summed E-state index contributed by atoms with van der Waals surface area (Å²) in [6.45, 7) is 2.37. The molecule has 0 saturated heterocycles. The van der Waals surface area contributed by atoms with Gasteiger partial charge in [-0.25, -0.2) is 4.98 Å². The molecule has 0 bridgehead atoms. The van der Waals surface area contributed by atoms with Crippen LogP contribution >= 0.6 is 11.3 Å². The smallest absolute Gasteiger partial charge is 0.258 e. The van der Waals surface area contributed by atoms with E-state index < -0.39 is 0 Å². The van der Waals surface area contributed by atoms with Gasteiger partial charge in [-0.05, 0) is 13.5 Å². The molecule has 0 amide bonds. The first-order valence-corrected chi connectivity index (χ1v) is 6.72. The molecule has 5 nitrogen and oxygen atoms in total. The number of ether oxygens (including phenoxy) is 1. The predicted octanol–water partition coefficient (Wildman–Crippen LogP) is 1.22. The molecule has 2 aromatic heterocycles. The SMILES string of the molecule is COCCCN(C)Cc1cc(=O)n2ccsc2n1. The van der Waals surface area contributed by atoms with Gasteiger partial charge in [0.2, 0.25) is 0 Å². The highest BCUT2D eigenvalue weighted by atomic mass is 32.1. The molecule has 0 aliphatic rings. The first kappa shape index (κ1) is 13.2. The summed E-state index contributed by atoms with van der Waals surface area (Å²) >= 11 is 1.48. The van der Waals surface area contributed by atoms with Crippen molar-refractivity contribution >= 4 is 16.3 Å². The highest BCUT2D eigenvalue weighted by Crippen LogP contribution is 2.07. The number of thiazole rings is 1. The molecule has 0 unspecified atom stereocenters. The van der Waals surface area contributed by atoms with E-state index in [9.17, 15) is 4.79 Å². The van der Waals surface area contributed by atoms with Gasteiger partial charge in [-0.15, -0.1) is 11.3 Å². The summed E-state index contributed by atoms with van der Waals surface area (Å²) in [5, 5.41) is 1.87. The maximum Gasteiger partial charge on any atom is 0.258 e. The summed E-state index contributed by atoms with van der Waals surface area (Å²) in [5.74, 6) is 0. The van der Waals surface area contributed by atoms with E-state index in [4.69, 9.17) is 4.74 Å². The van der Waals surface area contributed by atoms with Crippen LogP contribution in [-0.4, -0.2) is 41.6 Å². The van der Waals surface area contributed by atoms with Crippen LogP contribution in [0.3, 0.4) is 0 Å². The third-order valence-corrected chi connectivity index (χ3v) is 3.43. The van der Waals surface area contributed by atoms with E-state index in [0.29, 0.717) is 6.54 Å². The van der Waals surface area contributed by atoms with Gasteiger partial charge >= 0.3 is 0 Å². The van der Waals surface area contributed by atoms with Gasteiger partial charge in [0, 0.05) is 44.4 Å². The third-order valence-electron chi connectivity index (χ3n) is 2.68. The van der Waals surface area contributed by atoms with E-state index in [1.54, 1.807) is 23.8 Å². The maximum atomic E-state index is 11.8. The lowest BCUT2D eigenvalue weighted by atomic mass is 10.3. The number of hydrogen-bond acceptors (Lipinski definition) is 5. The summed E-state index contributed by atoms with van der Waals surface area (Å²) in [6.07, 6.45) is 2.73. The molecule has 18 heavy (non-hydrogen) atoms. The fourth-order valence-electron chi connectivity index (χ4n) is 1.80. The van der Waals surface area contributed by atoms with Gasteiger partial charge in [-0.1, -0.05) is 0 Å². The molecule has 0 aliphatic heterocycles. The average Bonchev–Trinajstić information content (AvgIpc) is 2.78. The fourth-order valence-corrected chi connectivity index (χ4v) is 2.54. The number of rotatable bonds is 6. The minimum Gasteiger partial charge on any atom is -0.385 e. The molecule has 0 saturated carbocycles. The van der Waals surface area contributed by atoms with Crippen LogP contribution in [0.2, 0.25) is 0 Å². The average molecular weight is 267 g/mol. The topological polar surface area (TPSA) is 46.8 Å². The Bertz CT molecular complexity index is 564. The van der Waals surface area contributed by atoms with Crippen LogP contribution in [0.4, 0.5) is 0 Å². The van der Waals surface area contributed by atoms with Gasteiger partial charge in [0.25, 0.3) is 5.56 Å². The number of aromatic nitrogens is 2. The molecule has 0 radical (unpaired) electrons. The van der Waals surface area contributed by atoms with Crippen molar-refractivity contribution in [3.05, 3.63) is 33.7 Å². The van der Waals surface area contributed by atoms with E-state index in [-0.39, 0.29) is 5.56 Å². The standard InChI is InChI=1S/C12H17N3O2S/c1-14(4-3-6-17-2)9-10-8-11(16)15-5-7-18-12(15)13-10/h5,7-8H,3-4,6,9H2,1-2H3. The van der Waals surface area contributed by atoms with E-state index >= 15 is 0 Å². The summed E-state index contributed by atoms with van der Waals surface area (Å²) < 4.78 is 6.58. The molecule has 0 atom stereocenters. The van der Waals surface area contributed by atoms with Crippen molar-refractivity contribution in [2.45, 2.75) is 13.0 Å². The zero-order valence-corrected chi connectivity index (χ0v) is 11.4. The third kappa shape index (κ3) is 3.16. The second kappa shape index (κ2) is 6.08. The normalized spacial score (nSPS) is 11.5. The van der Waals surface area contributed by atoms with E-state index in [0.717, 1.165) is 30.2 Å². The second-order valence-electron chi connectivity index (χ2n) is 4.23. The first-order chi connectivity index (χ1) is 8.70. The zero-order chi connectivity index (χ0) is 13.0. The number of nitrogens with zero attached hydrogens (tertiary/aromatic N) is 3. The quantitative estimate of drug-likeness (QED) is 0.738. The molecule has 2 heterocycles. The highest BCUT2D eigenvalue weighted by Gasteiger charge is 2.06. The Kier molecular flexibility index (Phi) is 4.46. The zero-order valence-electron chi connectivity index (χ0n) is 10.6. The van der Waals surface area contributed by atoms with Crippen LogP contribution < -0.4 is 5.56 Å². The molecule has 0 aromatic carbocycles. The van der Waals surface area contributed by atoms with Crippen LogP contribution in [0.5, 0.6) is 0 Å². The van der Waals surface area contributed by atoms with Crippen LogP contribution in [-0.2, 0) is 11.3 Å². The summed E-state index contributed by atoms with van der Waals surface area (Å²) in [7, 11) is 3.72. The van der Waals surface area contributed by atoms with Crippen molar-refractivity contribution in [3.8, 4) is 0 Å². The van der Waals surface area contributed by atoms with Crippen LogP contribution in [0.25, 0.3) is 4.96 Å². The van der Waals surface area contributed by atoms with Crippen LogP contribution in [0.1, 0.15) is 12.1 Å². The van der Waals surface area contributed by atoms with Gasteiger partial charge in [0.05, 0.1) is 5.69 Å². The molecular formula is C12H17N3O2S. The molecule has 0 N–H and O–H groups in total. The van der Waals surface area contributed by atoms with Crippen molar-refractivity contribution < 1.29 is 4.74 Å². The Hall–Kier alpha value is -1.24. The molecule has 6 heteroatoms. The Morgan fingerprint density at radius 2 is 2.39 bits per heavy atom. The Morgan fingerprint density at radius 1 is 1.56 bits per heavy atom. The van der Waals surface area contributed by atoms with Gasteiger partial charge in [0.1, 0.15) is 0 Å². The van der Waals surface area contributed by atoms with Gasteiger partial charge in [0.15, 0.2) is 4.96 Å². The van der Waals surface area contributed by atoms with Gasteiger partial charge in [-0.3, -0.25) is 9.20 Å².